The van der Waals surface area contributed by atoms with Crippen LogP contribution in [0.25, 0.3) is 0 Å². The summed E-state index contributed by atoms with van der Waals surface area (Å²) in [4.78, 5) is 24.2. The van der Waals surface area contributed by atoms with Gasteiger partial charge in [0.05, 0.1) is 12.5 Å². The number of carbonyl (C=O) groups is 2. The zero-order chi connectivity index (χ0) is 18.6. The van der Waals surface area contributed by atoms with Gasteiger partial charge in [0.25, 0.3) is 0 Å². The zero-order valence-corrected chi connectivity index (χ0v) is 17.0. The summed E-state index contributed by atoms with van der Waals surface area (Å²) in [6, 6.07) is 0. The van der Waals surface area contributed by atoms with Crippen LogP contribution in [0, 0.1) is 22.2 Å². The molecule has 0 N–H and O–H groups in total. The van der Waals surface area contributed by atoms with Gasteiger partial charge in [-0.05, 0) is 49.4 Å². The summed E-state index contributed by atoms with van der Waals surface area (Å²) in [5.41, 5.74) is 0.171. The van der Waals surface area contributed by atoms with Crippen LogP contribution in [-0.4, -0.2) is 18.4 Å². The Morgan fingerprint density at radius 1 is 0.958 bits per heavy atom. The van der Waals surface area contributed by atoms with Crippen molar-refractivity contribution in [3.63, 3.8) is 0 Å². The van der Waals surface area contributed by atoms with Crippen LogP contribution >= 0.6 is 0 Å². The molecule has 0 unspecified atom stereocenters. The molecule has 24 heavy (non-hydrogen) atoms. The van der Waals surface area contributed by atoms with Gasteiger partial charge in [-0.25, -0.2) is 0 Å². The summed E-state index contributed by atoms with van der Waals surface area (Å²) >= 11 is 0. The molecule has 0 spiro atoms. The molecule has 0 aromatic carbocycles. The van der Waals surface area contributed by atoms with E-state index in [-0.39, 0.29) is 28.1 Å². The van der Waals surface area contributed by atoms with Crippen molar-refractivity contribution in [2.45, 2.75) is 93.4 Å². The van der Waals surface area contributed by atoms with E-state index in [2.05, 4.69) is 27.7 Å². The molecule has 0 aliphatic heterocycles. The van der Waals surface area contributed by atoms with Crippen LogP contribution < -0.4 is 0 Å². The second kappa shape index (κ2) is 8.01. The second-order valence-corrected chi connectivity index (χ2v) is 10.3. The molecule has 0 aromatic rings. The molecule has 0 radical (unpaired) electrons. The van der Waals surface area contributed by atoms with Crippen LogP contribution in [0.2, 0.25) is 0 Å². The Labute approximate surface area is 148 Å². The minimum atomic E-state index is -0.243. The third kappa shape index (κ3) is 7.36. The van der Waals surface area contributed by atoms with Crippen LogP contribution in [-0.2, 0) is 14.3 Å². The summed E-state index contributed by atoms with van der Waals surface area (Å²) in [6.07, 6.45) is 6.31. The molecule has 1 aliphatic rings. The van der Waals surface area contributed by atoms with Crippen LogP contribution in [0.1, 0.15) is 93.4 Å². The van der Waals surface area contributed by atoms with E-state index in [1.807, 2.05) is 20.8 Å². The highest BCUT2D eigenvalue weighted by Gasteiger charge is 2.41. The second-order valence-electron chi connectivity index (χ2n) is 10.3. The molecular formula is C21H38O3. The number of hydrogen-bond acceptors (Lipinski definition) is 3. The highest BCUT2D eigenvalue weighted by atomic mass is 16.5. The number of hydrogen-bond donors (Lipinski definition) is 0. The van der Waals surface area contributed by atoms with Gasteiger partial charge in [0.2, 0.25) is 0 Å². The van der Waals surface area contributed by atoms with E-state index in [9.17, 15) is 9.59 Å². The molecule has 3 nitrogen and oxygen atoms in total. The summed E-state index contributed by atoms with van der Waals surface area (Å²) in [7, 11) is 0. The van der Waals surface area contributed by atoms with Crippen molar-refractivity contribution in [3.8, 4) is 0 Å². The lowest BCUT2D eigenvalue weighted by molar-refractivity contribution is -0.153. The lowest BCUT2D eigenvalue weighted by atomic mass is 9.61. The number of ether oxygens (including phenoxy) is 1. The number of Topliss-reactive ketones (excluding diaryl/α,β-unsaturated/α-hetero) is 1. The highest BCUT2D eigenvalue weighted by Crippen LogP contribution is 2.48. The van der Waals surface area contributed by atoms with Crippen molar-refractivity contribution in [2.75, 3.05) is 6.61 Å². The zero-order valence-electron chi connectivity index (χ0n) is 17.0. The normalized spacial score (nSPS) is 20.6. The Morgan fingerprint density at radius 2 is 1.50 bits per heavy atom. The third-order valence-electron chi connectivity index (χ3n) is 5.02. The molecular weight excluding hydrogens is 300 g/mol. The fourth-order valence-electron chi connectivity index (χ4n) is 4.24. The predicted octanol–water partition coefficient (Wildman–Crippen LogP) is 5.56. The SMILES string of the molecule is CC1(C)CC(C(=O)OCCCCCC(=O)C(C)(C)C)CC(C)(C)C1. The summed E-state index contributed by atoms with van der Waals surface area (Å²) in [5.74, 6) is 0.319. The van der Waals surface area contributed by atoms with E-state index < -0.39 is 0 Å². The molecule has 0 aromatic heterocycles. The summed E-state index contributed by atoms with van der Waals surface area (Å²) in [5, 5.41) is 0. The number of unbranched alkanes of at least 4 members (excludes halogenated alkanes) is 2. The van der Waals surface area contributed by atoms with Crippen LogP contribution in [0.15, 0.2) is 0 Å². The maximum atomic E-state index is 12.4. The van der Waals surface area contributed by atoms with Gasteiger partial charge in [-0.1, -0.05) is 48.5 Å². The maximum Gasteiger partial charge on any atom is 0.308 e. The molecule has 3 heteroatoms. The highest BCUT2D eigenvalue weighted by molar-refractivity contribution is 5.83. The van der Waals surface area contributed by atoms with Gasteiger partial charge >= 0.3 is 5.97 Å². The van der Waals surface area contributed by atoms with Crippen LogP contribution in [0.3, 0.4) is 0 Å². The van der Waals surface area contributed by atoms with E-state index in [1.54, 1.807) is 0 Å². The fourth-order valence-corrected chi connectivity index (χ4v) is 4.24. The van der Waals surface area contributed by atoms with E-state index >= 15 is 0 Å². The number of esters is 1. The Hall–Kier alpha value is -0.860. The quantitative estimate of drug-likeness (QED) is 0.451. The molecule has 140 valence electrons. The lowest BCUT2D eigenvalue weighted by Crippen LogP contribution is -2.37. The first-order valence-corrected chi connectivity index (χ1v) is 9.52. The standard InChI is InChI=1S/C21H38O3/c1-19(2,3)17(22)11-9-8-10-12-24-18(23)16-13-20(4,5)15-21(6,7)14-16/h16H,8-15H2,1-7H3. The maximum absolute atomic E-state index is 12.4. The van der Waals surface area contributed by atoms with E-state index in [1.165, 1.54) is 0 Å². The van der Waals surface area contributed by atoms with E-state index in [0.29, 0.717) is 18.8 Å². The topological polar surface area (TPSA) is 43.4 Å². The van der Waals surface area contributed by atoms with Gasteiger partial charge in [-0.3, -0.25) is 9.59 Å². The molecule has 1 fully saturated rings. The van der Waals surface area contributed by atoms with Crippen LogP contribution in [0.5, 0.6) is 0 Å². The minimum absolute atomic E-state index is 0.0263. The van der Waals surface area contributed by atoms with Crippen molar-refractivity contribution in [1.29, 1.82) is 0 Å². The fraction of sp³-hybridized carbons (Fsp3) is 0.905. The van der Waals surface area contributed by atoms with E-state index in [0.717, 1.165) is 38.5 Å². The van der Waals surface area contributed by atoms with E-state index in [4.69, 9.17) is 4.74 Å². The molecule has 0 amide bonds. The van der Waals surface area contributed by atoms with Crippen molar-refractivity contribution >= 4 is 11.8 Å². The lowest BCUT2D eigenvalue weighted by Gasteiger charge is -2.44. The number of rotatable bonds is 7. The summed E-state index contributed by atoms with van der Waals surface area (Å²) in [6.45, 7) is 15.4. The monoisotopic (exact) mass is 338 g/mol. The summed E-state index contributed by atoms with van der Waals surface area (Å²) < 4.78 is 5.52. The van der Waals surface area contributed by atoms with Gasteiger partial charge in [0.1, 0.15) is 5.78 Å². The molecule has 1 rings (SSSR count). The largest absolute Gasteiger partial charge is 0.465 e. The molecule has 0 heterocycles. The van der Waals surface area contributed by atoms with Crippen molar-refractivity contribution in [2.24, 2.45) is 22.2 Å². The Morgan fingerprint density at radius 3 is 2.00 bits per heavy atom. The Kier molecular flexibility index (Phi) is 7.07. The molecule has 0 atom stereocenters. The first-order chi connectivity index (χ1) is 10.8. The molecule has 0 saturated heterocycles. The average Bonchev–Trinajstić information content (AvgIpc) is 2.37. The Balaban J connectivity index is 2.26. The van der Waals surface area contributed by atoms with Gasteiger partial charge in [0, 0.05) is 11.8 Å². The first-order valence-electron chi connectivity index (χ1n) is 9.52. The Bertz CT molecular complexity index is 424. The van der Waals surface area contributed by atoms with Gasteiger partial charge in [0.15, 0.2) is 0 Å². The third-order valence-corrected chi connectivity index (χ3v) is 5.02. The smallest absolute Gasteiger partial charge is 0.308 e. The van der Waals surface area contributed by atoms with Crippen molar-refractivity contribution < 1.29 is 14.3 Å². The van der Waals surface area contributed by atoms with Gasteiger partial charge in [-0.15, -0.1) is 0 Å². The predicted molar refractivity (Wildman–Crippen MR) is 98.8 cm³/mol. The van der Waals surface area contributed by atoms with Gasteiger partial charge in [-0.2, -0.15) is 0 Å². The molecule has 1 aliphatic carbocycles. The number of carbonyl (C=O) groups excluding carboxylic acids is 2. The number of ketones is 1. The average molecular weight is 339 g/mol. The first kappa shape index (κ1) is 21.2. The van der Waals surface area contributed by atoms with Gasteiger partial charge < -0.3 is 4.74 Å². The minimum Gasteiger partial charge on any atom is -0.465 e. The van der Waals surface area contributed by atoms with Crippen LogP contribution in [0.4, 0.5) is 0 Å². The molecule has 0 bridgehead atoms. The van der Waals surface area contributed by atoms with Crippen molar-refractivity contribution in [3.05, 3.63) is 0 Å². The molecule has 1 saturated carbocycles. The van der Waals surface area contributed by atoms with Crippen molar-refractivity contribution in [1.82, 2.24) is 0 Å².